The van der Waals surface area contributed by atoms with Crippen LogP contribution in [0.5, 0.6) is 5.75 Å². The minimum atomic E-state index is -0.577. The highest BCUT2D eigenvalue weighted by atomic mass is 35.5. The van der Waals surface area contributed by atoms with Crippen molar-refractivity contribution >= 4 is 29.1 Å². The zero-order valence-corrected chi connectivity index (χ0v) is 13.7. The second kappa shape index (κ2) is 8.06. The number of benzene rings is 2. The molecule has 0 aliphatic carbocycles. The molecule has 1 N–H and O–H groups in total. The summed E-state index contributed by atoms with van der Waals surface area (Å²) in [6.07, 6.45) is -0.0234. The molecule has 0 aliphatic heterocycles. The summed E-state index contributed by atoms with van der Waals surface area (Å²) < 4.78 is 5.70. The molecule has 3 nitrogen and oxygen atoms in total. The summed E-state index contributed by atoms with van der Waals surface area (Å²) in [5, 5.41) is 4.02. The first-order valence-electron chi connectivity index (χ1n) is 7.03. The smallest absolute Gasteiger partial charge is 0.261 e. The van der Waals surface area contributed by atoms with Gasteiger partial charge < -0.3 is 10.1 Å². The fourth-order valence-corrected chi connectivity index (χ4v) is 2.23. The standard InChI is InChI=1S/C17H17Cl2NO2/c1-2-15(22-16-6-4-3-5-14(16)19)17(21)20-11-12-7-9-13(18)10-8-12/h3-10,15H,2,11H2,1H3,(H,20,21). The Labute approximate surface area is 140 Å². The molecule has 0 aliphatic rings. The van der Waals surface area contributed by atoms with E-state index in [-0.39, 0.29) is 5.91 Å². The van der Waals surface area contributed by atoms with E-state index >= 15 is 0 Å². The normalized spacial score (nSPS) is 11.8. The van der Waals surface area contributed by atoms with E-state index in [2.05, 4.69) is 5.32 Å². The van der Waals surface area contributed by atoms with Gasteiger partial charge in [0.25, 0.3) is 5.91 Å². The van der Waals surface area contributed by atoms with E-state index in [1.165, 1.54) is 0 Å². The molecule has 1 atom stereocenters. The number of nitrogens with one attached hydrogen (secondary N) is 1. The lowest BCUT2D eigenvalue weighted by Crippen LogP contribution is -2.37. The van der Waals surface area contributed by atoms with Gasteiger partial charge in [-0.05, 0) is 36.2 Å². The van der Waals surface area contributed by atoms with Gasteiger partial charge in [-0.15, -0.1) is 0 Å². The summed E-state index contributed by atoms with van der Waals surface area (Å²) >= 11 is 11.9. The van der Waals surface area contributed by atoms with Crippen LogP contribution in [0.3, 0.4) is 0 Å². The number of hydrogen-bond acceptors (Lipinski definition) is 2. The average Bonchev–Trinajstić information content (AvgIpc) is 2.53. The van der Waals surface area contributed by atoms with Crippen molar-refractivity contribution in [2.75, 3.05) is 0 Å². The number of amides is 1. The van der Waals surface area contributed by atoms with Crippen LogP contribution < -0.4 is 10.1 Å². The number of carbonyl (C=O) groups is 1. The molecule has 0 aromatic heterocycles. The lowest BCUT2D eigenvalue weighted by atomic mass is 10.2. The van der Waals surface area contributed by atoms with Crippen molar-refractivity contribution in [2.24, 2.45) is 0 Å². The van der Waals surface area contributed by atoms with E-state index < -0.39 is 6.10 Å². The minimum Gasteiger partial charge on any atom is -0.479 e. The van der Waals surface area contributed by atoms with Crippen molar-refractivity contribution in [1.29, 1.82) is 0 Å². The van der Waals surface area contributed by atoms with Gasteiger partial charge >= 0.3 is 0 Å². The molecule has 1 unspecified atom stereocenters. The number of halogens is 2. The molecule has 2 aromatic carbocycles. The second-order valence-corrected chi connectivity index (χ2v) is 5.63. The molecule has 0 heterocycles. The molecule has 0 radical (unpaired) electrons. The second-order valence-electron chi connectivity index (χ2n) is 4.79. The van der Waals surface area contributed by atoms with E-state index in [0.717, 1.165) is 5.56 Å². The maximum atomic E-state index is 12.2. The fourth-order valence-electron chi connectivity index (χ4n) is 1.92. The Morgan fingerprint density at radius 2 is 1.82 bits per heavy atom. The van der Waals surface area contributed by atoms with Crippen LogP contribution in [-0.4, -0.2) is 12.0 Å². The monoisotopic (exact) mass is 337 g/mol. The third kappa shape index (κ3) is 4.65. The van der Waals surface area contributed by atoms with Gasteiger partial charge in [-0.3, -0.25) is 4.79 Å². The third-order valence-corrected chi connectivity index (χ3v) is 3.71. The van der Waals surface area contributed by atoms with Crippen molar-refractivity contribution in [1.82, 2.24) is 5.32 Å². The Morgan fingerprint density at radius 3 is 2.45 bits per heavy atom. The lowest BCUT2D eigenvalue weighted by Gasteiger charge is -2.18. The first-order chi connectivity index (χ1) is 10.6. The van der Waals surface area contributed by atoms with Crippen LogP contribution in [-0.2, 0) is 11.3 Å². The Bertz CT molecular complexity index is 629. The summed E-state index contributed by atoms with van der Waals surface area (Å²) in [4.78, 5) is 12.2. The summed E-state index contributed by atoms with van der Waals surface area (Å²) in [7, 11) is 0. The van der Waals surface area contributed by atoms with Gasteiger partial charge in [0.2, 0.25) is 0 Å². The SMILES string of the molecule is CCC(Oc1ccccc1Cl)C(=O)NCc1ccc(Cl)cc1. The molecule has 1 amide bonds. The molecule has 0 fully saturated rings. The first-order valence-corrected chi connectivity index (χ1v) is 7.79. The molecular formula is C17H17Cl2NO2. The van der Waals surface area contributed by atoms with E-state index in [1.807, 2.05) is 31.2 Å². The van der Waals surface area contributed by atoms with Crippen LogP contribution in [0.2, 0.25) is 10.0 Å². The molecule has 0 saturated carbocycles. The number of para-hydroxylation sites is 1. The van der Waals surface area contributed by atoms with Gasteiger partial charge in [0, 0.05) is 11.6 Å². The molecule has 0 saturated heterocycles. The molecule has 0 spiro atoms. The van der Waals surface area contributed by atoms with Gasteiger partial charge in [0.1, 0.15) is 5.75 Å². The Kier molecular flexibility index (Phi) is 6.10. The van der Waals surface area contributed by atoms with Gasteiger partial charge in [-0.1, -0.05) is 54.4 Å². The van der Waals surface area contributed by atoms with Crippen LogP contribution in [0.15, 0.2) is 48.5 Å². The van der Waals surface area contributed by atoms with E-state index in [9.17, 15) is 4.79 Å². The largest absolute Gasteiger partial charge is 0.479 e. The topological polar surface area (TPSA) is 38.3 Å². The third-order valence-electron chi connectivity index (χ3n) is 3.15. The number of hydrogen-bond donors (Lipinski definition) is 1. The van der Waals surface area contributed by atoms with Crippen molar-refractivity contribution < 1.29 is 9.53 Å². The van der Waals surface area contributed by atoms with Crippen LogP contribution in [0.4, 0.5) is 0 Å². The molecule has 22 heavy (non-hydrogen) atoms. The lowest BCUT2D eigenvalue weighted by molar-refractivity contribution is -0.128. The maximum Gasteiger partial charge on any atom is 0.261 e. The number of carbonyl (C=O) groups excluding carboxylic acids is 1. The quantitative estimate of drug-likeness (QED) is 0.844. The first kappa shape index (κ1) is 16.7. The van der Waals surface area contributed by atoms with Crippen molar-refractivity contribution in [3.63, 3.8) is 0 Å². The van der Waals surface area contributed by atoms with Gasteiger partial charge in [-0.2, -0.15) is 0 Å². The minimum absolute atomic E-state index is 0.169. The van der Waals surface area contributed by atoms with Crippen LogP contribution in [0, 0.1) is 0 Å². The van der Waals surface area contributed by atoms with Crippen LogP contribution in [0.25, 0.3) is 0 Å². The number of rotatable bonds is 6. The fraction of sp³-hybridized carbons (Fsp3) is 0.235. The van der Waals surface area contributed by atoms with E-state index in [4.69, 9.17) is 27.9 Å². The average molecular weight is 338 g/mol. The Hall–Kier alpha value is -1.71. The highest BCUT2D eigenvalue weighted by Gasteiger charge is 2.19. The van der Waals surface area contributed by atoms with Crippen molar-refractivity contribution in [3.8, 4) is 5.75 Å². The molecule has 2 aromatic rings. The molecular weight excluding hydrogens is 321 g/mol. The van der Waals surface area contributed by atoms with Crippen LogP contribution >= 0.6 is 23.2 Å². The van der Waals surface area contributed by atoms with Crippen molar-refractivity contribution in [3.05, 3.63) is 64.1 Å². The van der Waals surface area contributed by atoms with Gasteiger partial charge in [-0.25, -0.2) is 0 Å². The Morgan fingerprint density at radius 1 is 1.14 bits per heavy atom. The van der Waals surface area contributed by atoms with E-state index in [0.29, 0.717) is 28.8 Å². The van der Waals surface area contributed by atoms with Gasteiger partial charge in [0.15, 0.2) is 6.10 Å². The zero-order valence-electron chi connectivity index (χ0n) is 12.2. The molecule has 116 valence electrons. The molecule has 2 rings (SSSR count). The highest BCUT2D eigenvalue weighted by Crippen LogP contribution is 2.24. The zero-order chi connectivity index (χ0) is 15.9. The van der Waals surface area contributed by atoms with Crippen LogP contribution in [0.1, 0.15) is 18.9 Å². The molecule has 5 heteroatoms. The summed E-state index contributed by atoms with van der Waals surface area (Å²) in [5.74, 6) is 0.343. The molecule has 0 bridgehead atoms. The van der Waals surface area contributed by atoms with Gasteiger partial charge in [0.05, 0.1) is 5.02 Å². The predicted octanol–water partition coefficient (Wildman–Crippen LogP) is 4.47. The van der Waals surface area contributed by atoms with Crippen molar-refractivity contribution in [2.45, 2.75) is 26.0 Å². The maximum absolute atomic E-state index is 12.2. The van der Waals surface area contributed by atoms with E-state index in [1.54, 1.807) is 24.3 Å². The Balaban J connectivity index is 1.94. The summed E-state index contributed by atoms with van der Waals surface area (Å²) in [6, 6.07) is 14.4. The number of ether oxygens (including phenoxy) is 1. The highest BCUT2D eigenvalue weighted by molar-refractivity contribution is 6.32. The summed E-state index contributed by atoms with van der Waals surface area (Å²) in [6.45, 7) is 2.32. The summed E-state index contributed by atoms with van der Waals surface area (Å²) in [5.41, 5.74) is 0.977. The predicted molar refractivity (Wildman–Crippen MR) is 89.5 cm³/mol.